The molecular formula is C16H13N2O5S-. The monoisotopic (exact) mass is 345 g/mol. The van der Waals surface area contributed by atoms with Crippen molar-refractivity contribution in [3.63, 3.8) is 0 Å². The van der Waals surface area contributed by atoms with E-state index in [0.717, 1.165) is 23.4 Å². The molecule has 0 radical (unpaired) electrons. The Kier molecular flexibility index (Phi) is 5.54. The summed E-state index contributed by atoms with van der Waals surface area (Å²) in [7, 11) is 0. The van der Waals surface area contributed by atoms with Crippen molar-refractivity contribution in [1.29, 1.82) is 0 Å². The van der Waals surface area contributed by atoms with Gasteiger partial charge in [-0.1, -0.05) is 17.7 Å². The van der Waals surface area contributed by atoms with Crippen molar-refractivity contribution in [1.82, 2.24) is 0 Å². The van der Waals surface area contributed by atoms with Gasteiger partial charge in [0.2, 0.25) is 0 Å². The molecule has 1 amide bonds. The van der Waals surface area contributed by atoms with Crippen molar-refractivity contribution in [2.45, 2.75) is 11.8 Å². The van der Waals surface area contributed by atoms with E-state index in [-0.39, 0.29) is 16.1 Å². The molecule has 0 fully saturated rings. The molecule has 0 saturated heterocycles. The number of aliphatic carboxylic acids is 1. The van der Waals surface area contributed by atoms with Crippen LogP contribution in [-0.4, -0.2) is 22.6 Å². The quantitative estimate of drug-likeness (QED) is 0.487. The van der Waals surface area contributed by atoms with E-state index in [9.17, 15) is 24.8 Å². The number of hydrogen-bond donors (Lipinski definition) is 1. The minimum Gasteiger partial charge on any atom is -0.549 e. The number of thioether (sulfide) groups is 1. The fourth-order valence-corrected chi connectivity index (χ4v) is 2.62. The highest BCUT2D eigenvalue weighted by atomic mass is 32.2. The Morgan fingerprint density at radius 2 is 1.83 bits per heavy atom. The molecule has 2 rings (SSSR count). The summed E-state index contributed by atoms with van der Waals surface area (Å²) in [6, 6.07) is 11.0. The van der Waals surface area contributed by atoms with Gasteiger partial charge in [0, 0.05) is 23.1 Å². The van der Waals surface area contributed by atoms with Gasteiger partial charge in [-0.05, 0) is 31.2 Å². The summed E-state index contributed by atoms with van der Waals surface area (Å²) in [5, 5.41) is 24.3. The second kappa shape index (κ2) is 7.60. The summed E-state index contributed by atoms with van der Waals surface area (Å²) in [5.74, 6) is -2.22. The van der Waals surface area contributed by atoms with Gasteiger partial charge in [-0.3, -0.25) is 14.9 Å². The fourth-order valence-electron chi connectivity index (χ4n) is 1.90. The Hall–Kier alpha value is -2.87. The molecule has 24 heavy (non-hydrogen) atoms. The normalized spacial score (nSPS) is 10.2. The molecule has 8 heteroatoms. The van der Waals surface area contributed by atoms with Gasteiger partial charge in [-0.15, -0.1) is 11.8 Å². The molecule has 1 N–H and O–H groups in total. The van der Waals surface area contributed by atoms with Gasteiger partial charge in [0.25, 0.3) is 11.6 Å². The van der Waals surface area contributed by atoms with E-state index in [1.807, 2.05) is 19.1 Å². The van der Waals surface area contributed by atoms with Gasteiger partial charge in [0.1, 0.15) is 0 Å². The molecule has 0 aliphatic heterocycles. The number of nitro groups is 1. The number of benzene rings is 2. The average molecular weight is 345 g/mol. The zero-order chi connectivity index (χ0) is 17.7. The standard InChI is InChI=1S/C16H14N2O5S/c1-10-2-5-12(6-3-10)17-16(21)11-4-7-14(24-9-15(19)20)13(8-11)18(22)23/h2-8H,9H2,1H3,(H,17,21)(H,19,20)/p-1. The van der Waals surface area contributed by atoms with Gasteiger partial charge >= 0.3 is 0 Å². The summed E-state index contributed by atoms with van der Waals surface area (Å²) in [6.45, 7) is 1.91. The van der Waals surface area contributed by atoms with Crippen LogP contribution < -0.4 is 10.4 Å². The van der Waals surface area contributed by atoms with Gasteiger partial charge in [0.05, 0.1) is 15.8 Å². The predicted octanol–water partition coefficient (Wildman–Crippen LogP) is 2.00. The number of nitrogens with one attached hydrogen (secondary N) is 1. The Balaban J connectivity index is 2.22. The van der Waals surface area contributed by atoms with Gasteiger partial charge < -0.3 is 15.2 Å². The topological polar surface area (TPSA) is 112 Å². The third-order valence-corrected chi connectivity index (χ3v) is 4.11. The van der Waals surface area contributed by atoms with Gasteiger partial charge in [-0.2, -0.15) is 0 Å². The van der Waals surface area contributed by atoms with Crippen LogP contribution in [0.3, 0.4) is 0 Å². The van der Waals surface area contributed by atoms with E-state index in [4.69, 9.17) is 0 Å². The van der Waals surface area contributed by atoms with Crippen LogP contribution in [0.25, 0.3) is 0 Å². The number of carboxylic acid groups (broad SMARTS) is 1. The second-order valence-corrected chi connectivity index (χ2v) is 5.94. The second-order valence-electron chi connectivity index (χ2n) is 4.92. The van der Waals surface area contributed by atoms with Crippen molar-refractivity contribution in [3.05, 3.63) is 63.7 Å². The molecule has 0 spiro atoms. The first-order valence-electron chi connectivity index (χ1n) is 6.86. The molecule has 0 bridgehead atoms. The lowest BCUT2D eigenvalue weighted by Crippen LogP contribution is -2.24. The SMILES string of the molecule is Cc1ccc(NC(=O)c2ccc(SCC(=O)[O-])c([N+](=O)[O-])c2)cc1. The zero-order valence-corrected chi connectivity index (χ0v) is 13.5. The van der Waals surface area contributed by atoms with E-state index in [2.05, 4.69) is 5.32 Å². The first-order valence-corrected chi connectivity index (χ1v) is 7.84. The molecule has 0 aromatic heterocycles. The molecule has 0 heterocycles. The van der Waals surface area contributed by atoms with E-state index >= 15 is 0 Å². The van der Waals surface area contributed by atoms with Crippen LogP contribution in [0.5, 0.6) is 0 Å². The highest BCUT2D eigenvalue weighted by molar-refractivity contribution is 8.00. The molecule has 0 aliphatic carbocycles. The van der Waals surface area contributed by atoms with Crippen LogP contribution in [0.15, 0.2) is 47.4 Å². The maximum Gasteiger partial charge on any atom is 0.283 e. The Bertz CT molecular complexity index is 790. The summed E-state index contributed by atoms with van der Waals surface area (Å²) >= 11 is 0.774. The summed E-state index contributed by atoms with van der Waals surface area (Å²) in [6.07, 6.45) is 0. The van der Waals surface area contributed by atoms with Crippen LogP contribution in [-0.2, 0) is 4.79 Å². The fraction of sp³-hybridized carbons (Fsp3) is 0.125. The molecule has 0 saturated carbocycles. The third-order valence-electron chi connectivity index (χ3n) is 3.07. The number of carbonyl (C=O) groups is 2. The highest BCUT2D eigenvalue weighted by Crippen LogP contribution is 2.30. The van der Waals surface area contributed by atoms with Crippen LogP contribution >= 0.6 is 11.8 Å². The lowest BCUT2D eigenvalue weighted by molar-refractivity contribution is -0.387. The number of aryl methyl sites for hydroxylation is 1. The largest absolute Gasteiger partial charge is 0.549 e. The van der Waals surface area contributed by atoms with E-state index in [1.165, 1.54) is 12.1 Å². The Labute approximate surface area is 141 Å². The number of rotatable bonds is 6. The van der Waals surface area contributed by atoms with Crippen LogP contribution in [0, 0.1) is 17.0 Å². The number of anilines is 1. The number of hydrogen-bond acceptors (Lipinski definition) is 6. The molecule has 0 unspecified atom stereocenters. The number of carbonyl (C=O) groups excluding carboxylic acids is 2. The zero-order valence-electron chi connectivity index (χ0n) is 12.6. The average Bonchev–Trinajstić information content (AvgIpc) is 2.54. The number of carboxylic acids is 1. The minimum absolute atomic E-state index is 0.111. The molecular weight excluding hydrogens is 332 g/mol. The number of nitrogens with zero attached hydrogens (tertiary/aromatic N) is 1. The van der Waals surface area contributed by atoms with Crippen LogP contribution in [0.1, 0.15) is 15.9 Å². The van der Waals surface area contributed by atoms with E-state index in [0.29, 0.717) is 5.69 Å². The van der Waals surface area contributed by atoms with Crippen molar-refractivity contribution >= 4 is 35.0 Å². The third kappa shape index (κ3) is 4.56. The first-order chi connectivity index (χ1) is 11.4. The summed E-state index contributed by atoms with van der Waals surface area (Å²) < 4.78 is 0. The maximum absolute atomic E-state index is 12.2. The van der Waals surface area contributed by atoms with Crippen molar-refractivity contribution in [3.8, 4) is 0 Å². The van der Waals surface area contributed by atoms with Gasteiger partial charge in [0.15, 0.2) is 0 Å². The summed E-state index contributed by atoms with van der Waals surface area (Å²) in [4.78, 5) is 33.3. The Morgan fingerprint density at radius 3 is 2.42 bits per heavy atom. The van der Waals surface area contributed by atoms with Crippen molar-refractivity contribution in [2.24, 2.45) is 0 Å². The molecule has 7 nitrogen and oxygen atoms in total. The smallest absolute Gasteiger partial charge is 0.283 e. The van der Waals surface area contributed by atoms with Crippen molar-refractivity contribution in [2.75, 3.05) is 11.1 Å². The highest BCUT2D eigenvalue weighted by Gasteiger charge is 2.18. The first kappa shape index (κ1) is 17.5. The van der Waals surface area contributed by atoms with E-state index < -0.39 is 22.6 Å². The predicted molar refractivity (Wildman–Crippen MR) is 88.0 cm³/mol. The molecule has 0 atom stereocenters. The molecule has 124 valence electrons. The number of nitro benzene ring substituents is 1. The molecule has 2 aromatic carbocycles. The van der Waals surface area contributed by atoms with Crippen LogP contribution in [0.4, 0.5) is 11.4 Å². The lowest BCUT2D eigenvalue weighted by atomic mass is 10.1. The van der Waals surface area contributed by atoms with Gasteiger partial charge in [-0.25, -0.2) is 0 Å². The van der Waals surface area contributed by atoms with Crippen molar-refractivity contribution < 1.29 is 19.6 Å². The minimum atomic E-state index is -1.32. The Morgan fingerprint density at radius 1 is 1.17 bits per heavy atom. The lowest BCUT2D eigenvalue weighted by Gasteiger charge is -2.08. The number of amides is 1. The maximum atomic E-state index is 12.2. The molecule has 0 aliphatic rings. The molecule has 2 aromatic rings. The van der Waals surface area contributed by atoms with E-state index in [1.54, 1.807) is 12.1 Å². The summed E-state index contributed by atoms with van der Waals surface area (Å²) in [5.41, 5.74) is 1.40. The van der Waals surface area contributed by atoms with Crippen LogP contribution in [0.2, 0.25) is 0 Å².